The minimum absolute atomic E-state index is 0.949. The third-order valence-electron chi connectivity index (χ3n) is 11.2. The molecule has 8 aromatic carbocycles. The number of hydrogen-bond acceptors (Lipinski definition) is 3. The third-order valence-corrected chi connectivity index (χ3v) is 15.9. The van der Waals surface area contributed by atoms with E-state index in [1.165, 1.54) is 80.0 Å². The molecule has 0 unspecified atom stereocenters. The summed E-state index contributed by atoms with van der Waals surface area (Å²) in [5.41, 5.74) is 10.4. The molecule has 0 atom stereocenters. The zero-order chi connectivity index (χ0) is 34.6. The molecule has 0 saturated heterocycles. The predicted molar refractivity (Wildman–Crippen MR) is 226 cm³/mol. The summed E-state index contributed by atoms with van der Waals surface area (Å²) >= 11 is 1.87. The first-order valence-corrected chi connectivity index (χ1v) is 21.7. The molecule has 1 aliphatic heterocycles. The summed E-state index contributed by atoms with van der Waals surface area (Å²) in [6, 6.07) is 60.4. The van der Waals surface area contributed by atoms with Crippen LogP contribution in [0.25, 0.3) is 75.1 Å². The van der Waals surface area contributed by atoms with Crippen molar-refractivity contribution >= 4 is 99.7 Å². The summed E-state index contributed by atoms with van der Waals surface area (Å²) < 4.78 is 9.24. The van der Waals surface area contributed by atoms with Gasteiger partial charge in [-0.05, 0) is 92.4 Å². The van der Waals surface area contributed by atoms with Gasteiger partial charge in [0.15, 0.2) is 0 Å². The van der Waals surface area contributed by atoms with Crippen LogP contribution in [0.2, 0.25) is 13.1 Å². The second kappa shape index (κ2) is 11.0. The van der Waals surface area contributed by atoms with Crippen molar-refractivity contribution in [2.75, 3.05) is 4.90 Å². The van der Waals surface area contributed by atoms with Crippen molar-refractivity contribution in [3.8, 4) is 22.3 Å². The number of nitrogens with zero attached hydrogens (tertiary/aromatic N) is 1. The Morgan fingerprint density at radius 2 is 1.19 bits per heavy atom. The molecule has 2 nitrogen and oxygen atoms in total. The van der Waals surface area contributed by atoms with E-state index >= 15 is 0 Å². The van der Waals surface area contributed by atoms with Crippen molar-refractivity contribution in [2.24, 2.45) is 0 Å². The van der Waals surface area contributed by atoms with Crippen molar-refractivity contribution in [2.45, 2.75) is 13.1 Å². The SMILES string of the molecule is C[Si]1(C)c2cc(N(c3cccc(-c4ccc5ccccc5c4)c3)c3ccc4c(c3)sc3ccccc34)ccc2-c2c1ccc1c2oc2ccccc21. The van der Waals surface area contributed by atoms with Crippen molar-refractivity contribution in [1.29, 1.82) is 0 Å². The van der Waals surface area contributed by atoms with Crippen LogP contribution in [0.15, 0.2) is 168 Å². The standard InChI is InChI=1S/C48H33NOSSi/c1-52(2)45-25-24-40-37-14-5-7-16-42(37)50-48(40)47(45)41-23-21-36(29-46(41)52)49(35-20-22-39-38-15-6-8-17-43(38)51-44(39)28-35)34-13-9-12-32(27-34)33-19-18-30-10-3-4-11-31(30)26-33/h3-29H,1-2H3. The second-order valence-corrected chi connectivity index (χ2v) is 20.0. The van der Waals surface area contributed by atoms with E-state index in [0.717, 1.165) is 22.5 Å². The van der Waals surface area contributed by atoms with Crippen LogP contribution >= 0.6 is 11.3 Å². The summed E-state index contributed by atoms with van der Waals surface area (Å²) in [5, 5.41) is 10.4. The zero-order valence-corrected chi connectivity index (χ0v) is 30.7. The Morgan fingerprint density at radius 3 is 2.12 bits per heavy atom. The van der Waals surface area contributed by atoms with Gasteiger partial charge < -0.3 is 9.32 Å². The van der Waals surface area contributed by atoms with E-state index in [9.17, 15) is 0 Å². The average Bonchev–Trinajstić information content (AvgIpc) is 3.82. The van der Waals surface area contributed by atoms with Gasteiger partial charge in [-0.2, -0.15) is 0 Å². The number of benzene rings is 8. The lowest BCUT2D eigenvalue weighted by Gasteiger charge is -2.28. The Labute approximate surface area is 306 Å². The molecule has 0 radical (unpaired) electrons. The smallest absolute Gasteiger partial charge is 0.143 e. The summed E-state index contributed by atoms with van der Waals surface area (Å²) in [4.78, 5) is 2.46. The topological polar surface area (TPSA) is 16.4 Å². The van der Waals surface area contributed by atoms with E-state index in [1.807, 2.05) is 11.3 Å². The number of para-hydroxylation sites is 1. The number of hydrogen-bond donors (Lipinski definition) is 0. The number of furan rings is 1. The van der Waals surface area contributed by atoms with Crippen molar-refractivity contribution in [3.63, 3.8) is 0 Å². The van der Waals surface area contributed by atoms with Crippen LogP contribution in [0.5, 0.6) is 0 Å². The molecule has 246 valence electrons. The molecule has 0 spiro atoms. The fourth-order valence-corrected chi connectivity index (χ4v) is 12.8. The van der Waals surface area contributed by atoms with Crippen LogP contribution < -0.4 is 15.3 Å². The van der Waals surface area contributed by atoms with Gasteiger partial charge in [0.2, 0.25) is 0 Å². The molecule has 0 aliphatic carbocycles. The van der Waals surface area contributed by atoms with Gasteiger partial charge in [0.1, 0.15) is 19.2 Å². The fraction of sp³-hybridized carbons (Fsp3) is 0.0417. The van der Waals surface area contributed by atoms with Gasteiger partial charge >= 0.3 is 0 Å². The molecule has 52 heavy (non-hydrogen) atoms. The molecule has 1 aliphatic rings. The van der Waals surface area contributed by atoms with E-state index < -0.39 is 8.07 Å². The van der Waals surface area contributed by atoms with Crippen molar-refractivity contribution in [1.82, 2.24) is 0 Å². The lowest BCUT2D eigenvalue weighted by atomic mass is 10.00. The first-order chi connectivity index (χ1) is 25.5. The van der Waals surface area contributed by atoms with Gasteiger partial charge in [-0.25, -0.2) is 0 Å². The number of anilines is 3. The lowest BCUT2D eigenvalue weighted by Crippen LogP contribution is -2.49. The van der Waals surface area contributed by atoms with E-state index in [4.69, 9.17) is 4.42 Å². The number of thiophene rings is 1. The highest BCUT2D eigenvalue weighted by Gasteiger charge is 2.40. The van der Waals surface area contributed by atoms with Crippen LogP contribution in [-0.2, 0) is 0 Å². The molecule has 2 aromatic heterocycles. The summed E-state index contributed by atoms with van der Waals surface area (Å²) in [6.45, 7) is 4.98. The Morgan fingerprint density at radius 1 is 0.481 bits per heavy atom. The lowest BCUT2D eigenvalue weighted by molar-refractivity contribution is 0.670. The zero-order valence-electron chi connectivity index (χ0n) is 28.9. The molecule has 4 heteroatoms. The Hall–Kier alpha value is -5.94. The maximum absolute atomic E-state index is 6.62. The van der Waals surface area contributed by atoms with E-state index in [0.29, 0.717) is 0 Å². The summed E-state index contributed by atoms with van der Waals surface area (Å²) in [7, 11) is -2.07. The van der Waals surface area contributed by atoms with Crippen molar-refractivity contribution in [3.05, 3.63) is 164 Å². The molecular weight excluding hydrogens is 667 g/mol. The minimum Gasteiger partial charge on any atom is -0.455 e. The van der Waals surface area contributed by atoms with E-state index in [-0.39, 0.29) is 0 Å². The number of rotatable bonds is 4. The van der Waals surface area contributed by atoms with Crippen LogP contribution in [0.1, 0.15) is 0 Å². The highest BCUT2D eigenvalue weighted by atomic mass is 32.1. The minimum atomic E-state index is -2.07. The van der Waals surface area contributed by atoms with Crippen LogP contribution in [-0.4, -0.2) is 8.07 Å². The summed E-state index contributed by atoms with van der Waals surface area (Å²) in [5.74, 6) is 0. The predicted octanol–water partition coefficient (Wildman–Crippen LogP) is 13.0. The summed E-state index contributed by atoms with van der Waals surface area (Å²) in [6.07, 6.45) is 0. The molecular formula is C48H33NOSSi. The fourth-order valence-electron chi connectivity index (χ4n) is 8.62. The number of fused-ring (bicyclic) bond motifs is 11. The maximum atomic E-state index is 6.62. The molecule has 0 saturated carbocycles. The first kappa shape index (κ1) is 29.8. The molecule has 11 rings (SSSR count). The van der Waals surface area contributed by atoms with E-state index in [1.54, 1.807) is 0 Å². The highest BCUT2D eigenvalue weighted by molar-refractivity contribution is 7.25. The monoisotopic (exact) mass is 699 g/mol. The van der Waals surface area contributed by atoms with Gasteiger partial charge in [0.05, 0.1) is 0 Å². The van der Waals surface area contributed by atoms with Gasteiger partial charge in [0, 0.05) is 53.6 Å². The van der Waals surface area contributed by atoms with Crippen LogP contribution in [0.4, 0.5) is 17.1 Å². The molecule has 10 aromatic rings. The molecule has 0 fully saturated rings. The second-order valence-electron chi connectivity index (χ2n) is 14.5. The van der Waals surface area contributed by atoms with Gasteiger partial charge in [-0.15, -0.1) is 11.3 Å². The third kappa shape index (κ3) is 4.35. The largest absolute Gasteiger partial charge is 0.455 e. The van der Waals surface area contributed by atoms with Gasteiger partial charge in [0.25, 0.3) is 0 Å². The molecule has 0 N–H and O–H groups in total. The molecule has 3 heterocycles. The maximum Gasteiger partial charge on any atom is 0.143 e. The van der Waals surface area contributed by atoms with Gasteiger partial charge in [-0.3, -0.25) is 0 Å². The van der Waals surface area contributed by atoms with Crippen LogP contribution in [0.3, 0.4) is 0 Å². The molecule has 0 amide bonds. The van der Waals surface area contributed by atoms with Gasteiger partial charge in [-0.1, -0.05) is 122 Å². The first-order valence-electron chi connectivity index (χ1n) is 17.9. The Balaban J connectivity index is 1.11. The van der Waals surface area contributed by atoms with Crippen LogP contribution in [0, 0.1) is 0 Å². The molecule has 0 bridgehead atoms. The Bertz CT molecular complexity index is 3080. The Kier molecular flexibility index (Phi) is 6.31. The average molecular weight is 700 g/mol. The quantitative estimate of drug-likeness (QED) is 0.170. The van der Waals surface area contributed by atoms with Crippen molar-refractivity contribution < 1.29 is 4.42 Å². The normalized spacial score (nSPS) is 13.3. The van der Waals surface area contributed by atoms with E-state index in [2.05, 4.69) is 182 Å². The highest BCUT2D eigenvalue weighted by Crippen LogP contribution is 2.44.